The molecule has 108 valence electrons. The van der Waals surface area contributed by atoms with Crippen molar-refractivity contribution in [2.45, 2.75) is 13.5 Å². The molecule has 0 unspecified atom stereocenters. The minimum absolute atomic E-state index is 0.897. The van der Waals surface area contributed by atoms with E-state index in [1.54, 1.807) is 7.11 Å². The summed E-state index contributed by atoms with van der Waals surface area (Å²) in [6, 6.07) is 12.5. The van der Waals surface area contributed by atoms with Gasteiger partial charge in [0.1, 0.15) is 5.75 Å². The predicted molar refractivity (Wildman–Crippen MR) is 87.0 cm³/mol. The third-order valence-electron chi connectivity index (χ3n) is 3.23. The summed E-state index contributed by atoms with van der Waals surface area (Å²) in [6.07, 6.45) is 0. The van der Waals surface area contributed by atoms with Crippen molar-refractivity contribution in [3.63, 3.8) is 0 Å². The molecule has 0 bridgehead atoms. The van der Waals surface area contributed by atoms with Crippen LogP contribution in [-0.2, 0) is 6.54 Å². The van der Waals surface area contributed by atoms with Gasteiger partial charge in [-0.3, -0.25) is 0 Å². The number of aryl methyl sites for hydroxylation is 1. The summed E-state index contributed by atoms with van der Waals surface area (Å²) in [5.41, 5.74) is 1.21. The van der Waals surface area contributed by atoms with E-state index in [1.807, 2.05) is 23.5 Å². The van der Waals surface area contributed by atoms with E-state index in [4.69, 9.17) is 4.74 Å². The van der Waals surface area contributed by atoms with E-state index >= 15 is 0 Å². The van der Waals surface area contributed by atoms with Gasteiger partial charge in [-0.1, -0.05) is 0 Å². The van der Waals surface area contributed by atoms with Crippen LogP contribution in [0.5, 0.6) is 5.75 Å². The molecule has 1 heterocycles. The summed E-state index contributed by atoms with van der Waals surface area (Å²) in [6.45, 7) is 5.05. The summed E-state index contributed by atoms with van der Waals surface area (Å²) < 4.78 is 5.17. The standard InChI is InChI=1S/C16H22N2OS/c1-13-4-9-16(20-13)12-17-10-11-18(2)14-5-7-15(19-3)8-6-14/h4-9,17H,10-12H2,1-3H3. The maximum Gasteiger partial charge on any atom is 0.119 e. The van der Waals surface area contributed by atoms with Crippen LogP contribution in [-0.4, -0.2) is 27.2 Å². The number of likely N-dealkylation sites (N-methyl/N-ethyl adjacent to an activating group) is 1. The minimum Gasteiger partial charge on any atom is -0.497 e. The van der Waals surface area contributed by atoms with Gasteiger partial charge >= 0.3 is 0 Å². The minimum atomic E-state index is 0.897. The summed E-state index contributed by atoms with van der Waals surface area (Å²) in [5.74, 6) is 0.897. The van der Waals surface area contributed by atoms with Crippen molar-refractivity contribution in [1.82, 2.24) is 5.32 Å². The molecule has 20 heavy (non-hydrogen) atoms. The average molecular weight is 290 g/mol. The van der Waals surface area contributed by atoms with Crippen molar-refractivity contribution < 1.29 is 4.74 Å². The summed E-state index contributed by atoms with van der Waals surface area (Å²) >= 11 is 1.86. The molecular formula is C16H22N2OS. The molecule has 1 N–H and O–H groups in total. The number of rotatable bonds is 7. The van der Waals surface area contributed by atoms with Crippen LogP contribution in [0.4, 0.5) is 5.69 Å². The van der Waals surface area contributed by atoms with Gasteiger partial charge in [0.15, 0.2) is 0 Å². The molecule has 0 aliphatic carbocycles. The van der Waals surface area contributed by atoms with E-state index in [2.05, 4.69) is 48.5 Å². The van der Waals surface area contributed by atoms with Crippen LogP contribution in [0.25, 0.3) is 0 Å². The average Bonchev–Trinajstić information content (AvgIpc) is 2.89. The highest BCUT2D eigenvalue weighted by Crippen LogP contribution is 2.18. The van der Waals surface area contributed by atoms with E-state index in [0.29, 0.717) is 0 Å². The Kier molecular flexibility index (Phi) is 5.44. The molecule has 0 radical (unpaired) electrons. The summed E-state index contributed by atoms with van der Waals surface area (Å²) in [7, 11) is 3.80. The topological polar surface area (TPSA) is 24.5 Å². The molecule has 2 aromatic rings. The Morgan fingerprint density at radius 1 is 1.15 bits per heavy atom. The van der Waals surface area contributed by atoms with Crippen LogP contribution in [0.3, 0.4) is 0 Å². The van der Waals surface area contributed by atoms with Crippen molar-refractivity contribution in [1.29, 1.82) is 0 Å². The Hall–Kier alpha value is -1.52. The lowest BCUT2D eigenvalue weighted by Gasteiger charge is -2.19. The lowest BCUT2D eigenvalue weighted by Crippen LogP contribution is -2.28. The van der Waals surface area contributed by atoms with E-state index in [9.17, 15) is 0 Å². The van der Waals surface area contributed by atoms with Gasteiger partial charge in [-0.15, -0.1) is 11.3 Å². The first-order valence-electron chi connectivity index (χ1n) is 6.80. The van der Waals surface area contributed by atoms with Crippen LogP contribution in [0.2, 0.25) is 0 Å². The summed E-state index contributed by atoms with van der Waals surface area (Å²) in [4.78, 5) is 5.01. The first kappa shape index (κ1) is 14.9. The monoisotopic (exact) mass is 290 g/mol. The number of hydrogen-bond donors (Lipinski definition) is 1. The maximum absolute atomic E-state index is 5.17. The quantitative estimate of drug-likeness (QED) is 0.792. The van der Waals surface area contributed by atoms with Gasteiger partial charge < -0.3 is 15.0 Å². The lowest BCUT2D eigenvalue weighted by molar-refractivity contribution is 0.415. The van der Waals surface area contributed by atoms with Crippen LogP contribution < -0.4 is 15.0 Å². The maximum atomic E-state index is 5.17. The number of anilines is 1. The van der Waals surface area contributed by atoms with Gasteiger partial charge in [0.25, 0.3) is 0 Å². The number of nitrogens with zero attached hydrogens (tertiary/aromatic N) is 1. The van der Waals surface area contributed by atoms with Crippen LogP contribution in [0.15, 0.2) is 36.4 Å². The molecule has 0 amide bonds. The Morgan fingerprint density at radius 3 is 2.50 bits per heavy atom. The van der Waals surface area contributed by atoms with Crippen LogP contribution in [0, 0.1) is 6.92 Å². The second-order valence-electron chi connectivity index (χ2n) is 4.81. The van der Waals surface area contributed by atoms with Crippen molar-refractivity contribution in [3.8, 4) is 5.75 Å². The number of hydrogen-bond acceptors (Lipinski definition) is 4. The van der Waals surface area contributed by atoms with Crippen LogP contribution in [0.1, 0.15) is 9.75 Å². The zero-order valence-corrected chi connectivity index (χ0v) is 13.2. The number of ether oxygens (including phenoxy) is 1. The molecule has 1 aromatic heterocycles. The third-order valence-corrected chi connectivity index (χ3v) is 4.23. The highest BCUT2D eigenvalue weighted by molar-refractivity contribution is 7.11. The van der Waals surface area contributed by atoms with Crippen molar-refractivity contribution in [2.24, 2.45) is 0 Å². The van der Waals surface area contributed by atoms with Crippen LogP contribution >= 0.6 is 11.3 Å². The highest BCUT2D eigenvalue weighted by atomic mass is 32.1. The Morgan fingerprint density at radius 2 is 1.90 bits per heavy atom. The Bertz CT molecular complexity index is 522. The van der Waals surface area contributed by atoms with E-state index in [0.717, 1.165) is 25.4 Å². The van der Waals surface area contributed by atoms with Crippen molar-refractivity contribution in [3.05, 3.63) is 46.2 Å². The molecule has 0 aliphatic heterocycles. The third kappa shape index (κ3) is 4.25. The smallest absolute Gasteiger partial charge is 0.119 e. The molecule has 2 rings (SSSR count). The molecule has 0 saturated carbocycles. The second-order valence-corrected chi connectivity index (χ2v) is 6.18. The number of methoxy groups -OCH3 is 1. The van der Waals surface area contributed by atoms with Gasteiger partial charge in [0.05, 0.1) is 7.11 Å². The molecular weight excluding hydrogens is 268 g/mol. The number of benzene rings is 1. The van der Waals surface area contributed by atoms with Crippen molar-refractivity contribution in [2.75, 3.05) is 32.1 Å². The fraction of sp³-hybridized carbons (Fsp3) is 0.375. The van der Waals surface area contributed by atoms with E-state index in [1.165, 1.54) is 15.4 Å². The molecule has 0 saturated heterocycles. The van der Waals surface area contributed by atoms with Gasteiger partial charge in [0, 0.05) is 42.1 Å². The lowest BCUT2D eigenvalue weighted by atomic mass is 10.3. The normalized spacial score (nSPS) is 10.6. The van der Waals surface area contributed by atoms with Gasteiger partial charge in [-0.2, -0.15) is 0 Å². The number of thiophene rings is 1. The zero-order chi connectivity index (χ0) is 14.4. The molecule has 0 aliphatic rings. The zero-order valence-electron chi connectivity index (χ0n) is 12.3. The highest BCUT2D eigenvalue weighted by Gasteiger charge is 2.01. The van der Waals surface area contributed by atoms with E-state index in [-0.39, 0.29) is 0 Å². The Balaban J connectivity index is 1.72. The molecule has 3 nitrogen and oxygen atoms in total. The fourth-order valence-electron chi connectivity index (χ4n) is 2.00. The van der Waals surface area contributed by atoms with Gasteiger partial charge in [-0.05, 0) is 43.3 Å². The molecule has 1 aromatic carbocycles. The Labute approximate surface area is 125 Å². The predicted octanol–water partition coefficient (Wildman–Crippen LogP) is 3.29. The first-order chi connectivity index (χ1) is 9.69. The number of nitrogens with one attached hydrogen (secondary N) is 1. The molecule has 0 fully saturated rings. The molecule has 0 spiro atoms. The second kappa shape index (κ2) is 7.31. The van der Waals surface area contributed by atoms with Gasteiger partial charge in [0.2, 0.25) is 0 Å². The first-order valence-corrected chi connectivity index (χ1v) is 7.62. The van der Waals surface area contributed by atoms with E-state index < -0.39 is 0 Å². The largest absolute Gasteiger partial charge is 0.497 e. The SMILES string of the molecule is COc1ccc(N(C)CCNCc2ccc(C)s2)cc1. The fourth-order valence-corrected chi connectivity index (χ4v) is 2.86. The molecule has 4 heteroatoms. The molecule has 0 atom stereocenters. The van der Waals surface area contributed by atoms with Gasteiger partial charge in [-0.25, -0.2) is 0 Å². The summed E-state index contributed by atoms with van der Waals surface area (Å²) in [5, 5.41) is 3.48. The van der Waals surface area contributed by atoms with Crippen molar-refractivity contribution >= 4 is 17.0 Å².